The van der Waals surface area contributed by atoms with Crippen molar-refractivity contribution in [1.82, 2.24) is 14.5 Å². The van der Waals surface area contributed by atoms with E-state index in [2.05, 4.69) is 31.4 Å². The third-order valence-electron chi connectivity index (χ3n) is 2.58. The first-order valence-corrected chi connectivity index (χ1v) is 8.82. The van der Waals surface area contributed by atoms with Gasteiger partial charge in [-0.25, -0.2) is 8.42 Å². The van der Waals surface area contributed by atoms with Crippen LogP contribution in [0.15, 0.2) is 4.34 Å². The molecule has 0 aliphatic carbocycles. The lowest BCUT2D eigenvalue weighted by atomic mass is 10.2. The van der Waals surface area contributed by atoms with Gasteiger partial charge in [0.15, 0.2) is 0 Å². The molecule has 0 radical (unpaired) electrons. The Morgan fingerprint density at radius 3 is 2.89 bits per heavy atom. The normalized spacial score (nSPS) is 21.3. The van der Waals surface area contributed by atoms with Gasteiger partial charge in [-0.2, -0.15) is 4.31 Å². The van der Waals surface area contributed by atoms with Crippen molar-refractivity contribution >= 4 is 48.3 Å². The summed E-state index contributed by atoms with van der Waals surface area (Å²) >= 11 is 4.30. The van der Waals surface area contributed by atoms with Crippen molar-refractivity contribution in [2.75, 3.05) is 18.4 Å². The van der Waals surface area contributed by atoms with Crippen molar-refractivity contribution in [3.63, 3.8) is 0 Å². The van der Waals surface area contributed by atoms with E-state index in [0.717, 1.165) is 24.2 Å². The van der Waals surface area contributed by atoms with E-state index in [9.17, 15) is 13.2 Å². The molecule has 1 unspecified atom stereocenters. The lowest BCUT2D eigenvalue weighted by Crippen LogP contribution is -2.40. The molecule has 0 aromatic carbocycles. The molecule has 2 heterocycles. The molecule has 0 spiro atoms. The number of anilines is 1. The van der Waals surface area contributed by atoms with Gasteiger partial charge in [0.2, 0.25) is 15.4 Å². The molecule has 1 aromatic rings. The quantitative estimate of drug-likeness (QED) is 0.635. The van der Waals surface area contributed by atoms with Crippen LogP contribution >= 0.6 is 27.3 Å². The smallest absolute Gasteiger partial charge is 0.272 e. The first kappa shape index (κ1) is 14.8. The summed E-state index contributed by atoms with van der Waals surface area (Å²) < 4.78 is 26.0. The van der Waals surface area contributed by atoms with Gasteiger partial charge in [0, 0.05) is 24.8 Å². The van der Waals surface area contributed by atoms with Crippen molar-refractivity contribution in [2.45, 2.75) is 28.9 Å². The summed E-state index contributed by atoms with van der Waals surface area (Å²) in [6.07, 6.45) is 1.77. The van der Waals surface area contributed by atoms with E-state index in [4.69, 9.17) is 0 Å². The molecule has 1 aliphatic rings. The maximum absolute atomic E-state index is 12.3. The summed E-state index contributed by atoms with van der Waals surface area (Å²) in [6.45, 7) is 2.24. The summed E-state index contributed by atoms with van der Waals surface area (Å²) in [5.41, 5.74) is 0. The summed E-state index contributed by atoms with van der Waals surface area (Å²) in [7, 11) is -3.61. The summed E-state index contributed by atoms with van der Waals surface area (Å²) in [6, 6.07) is 0. The molecular formula is C9H13BrN4O3S2. The number of aromatic nitrogens is 2. The van der Waals surface area contributed by atoms with Crippen molar-refractivity contribution in [3.05, 3.63) is 0 Å². The first-order chi connectivity index (χ1) is 8.89. The lowest BCUT2D eigenvalue weighted by molar-refractivity contribution is -0.114. The molecule has 2 rings (SSSR count). The Morgan fingerprint density at radius 1 is 1.53 bits per heavy atom. The first-order valence-electron chi connectivity index (χ1n) is 5.65. The maximum atomic E-state index is 12.3. The largest absolute Gasteiger partial charge is 0.301 e. The van der Waals surface area contributed by atoms with Crippen LogP contribution in [-0.2, 0) is 14.8 Å². The monoisotopic (exact) mass is 368 g/mol. The molecule has 1 N–H and O–H groups in total. The SMILES string of the molecule is CC(=O)Nc1nnc(S(=O)(=O)N2CCCC(Br)C2)s1. The number of halogens is 1. The van der Waals surface area contributed by atoms with Crippen LogP contribution in [-0.4, -0.2) is 46.7 Å². The Hall–Kier alpha value is -0.580. The fraction of sp³-hybridized carbons (Fsp3) is 0.667. The van der Waals surface area contributed by atoms with E-state index in [-0.39, 0.29) is 20.2 Å². The van der Waals surface area contributed by atoms with Gasteiger partial charge in [0.25, 0.3) is 10.0 Å². The van der Waals surface area contributed by atoms with Crippen LogP contribution in [0.4, 0.5) is 5.13 Å². The standard InChI is InChI=1S/C9H13BrN4O3S2/c1-6(15)11-8-12-13-9(18-8)19(16,17)14-4-2-3-7(10)5-14/h7H,2-5H2,1H3,(H,11,12,15). The van der Waals surface area contributed by atoms with E-state index >= 15 is 0 Å². The molecule has 1 amide bonds. The van der Waals surface area contributed by atoms with Crippen molar-refractivity contribution in [2.24, 2.45) is 0 Å². The molecule has 10 heteroatoms. The van der Waals surface area contributed by atoms with E-state index in [1.165, 1.54) is 11.2 Å². The summed E-state index contributed by atoms with van der Waals surface area (Å²) in [5, 5.41) is 9.92. The molecule has 7 nitrogen and oxygen atoms in total. The van der Waals surface area contributed by atoms with Gasteiger partial charge in [-0.1, -0.05) is 27.3 Å². The van der Waals surface area contributed by atoms with E-state index in [1.807, 2.05) is 0 Å². The number of carbonyl (C=O) groups excluding carboxylic acids is 1. The minimum absolute atomic E-state index is 0.0853. The number of sulfonamides is 1. The molecule has 0 saturated carbocycles. The van der Waals surface area contributed by atoms with E-state index < -0.39 is 10.0 Å². The van der Waals surface area contributed by atoms with Gasteiger partial charge in [-0.3, -0.25) is 4.79 Å². The number of nitrogens with one attached hydrogen (secondary N) is 1. The third kappa shape index (κ3) is 3.50. The zero-order chi connectivity index (χ0) is 14.0. The fourth-order valence-corrected chi connectivity index (χ4v) is 5.21. The number of carbonyl (C=O) groups is 1. The van der Waals surface area contributed by atoms with Crippen LogP contribution in [0, 0.1) is 0 Å². The van der Waals surface area contributed by atoms with Crippen LogP contribution in [0.25, 0.3) is 0 Å². The fourth-order valence-electron chi connectivity index (χ4n) is 1.74. The van der Waals surface area contributed by atoms with E-state index in [0.29, 0.717) is 13.1 Å². The van der Waals surface area contributed by atoms with Crippen molar-refractivity contribution in [3.8, 4) is 0 Å². The highest BCUT2D eigenvalue weighted by molar-refractivity contribution is 9.09. The molecule has 19 heavy (non-hydrogen) atoms. The lowest BCUT2D eigenvalue weighted by Gasteiger charge is -2.27. The summed E-state index contributed by atoms with van der Waals surface area (Å²) in [5.74, 6) is -0.307. The average molecular weight is 369 g/mol. The van der Waals surface area contributed by atoms with Gasteiger partial charge in [0.05, 0.1) is 0 Å². The molecule has 1 fully saturated rings. The van der Waals surface area contributed by atoms with Crippen molar-refractivity contribution in [1.29, 1.82) is 0 Å². The number of rotatable bonds is 3. The number of nitrogens with zero attached hydrogens (tertiary/aromatic N) is 3. The average Bonchev–Trinajstić information content (AvgIpc) is 2.77. The van der Waals surface area contributed by atoms with E-state index in [1.54, 1.807) is 0 Å². The van der Waals surface area contributed by atoms with Gasteiger partial charge in [-0.15, -0.1) is 10.2 Å². The second-order valence-electron chi connectivity index (χ2n) is 4.16. The van der Waals surface area contributed by atoms with Crippen molar-refractivity contribution < 1.29 is 13.2 Å². The molecule has 1 aliphatic heterocycles. The topological polar surface area (TPSA) is 92.3 Å². The number of alkyl halides is 1. The molecule has 1 aromatic heterocycles. The van der Waals surface area contributed by atoms with Crippen LogP contribution in [0.3, 0.4) is 0 Å². The highest BCUT2D eigenvalue weighted by Crippen LogP contribution is 2.27. The Labute approximate surface area is 123 Å². The maximum Gasteiger partial charge on any atom is 0.272 e. The van der Waals surface area contributed by atoms with Crippen LogP contribution in [0.5, 0.6) is 0 Å². The second kappa shape index (κ2) is 5.81. The van der Waals surface area contributed by atoms with Crippen LogP contribution < -0.4 is 5.32 Å². The minimum atomic E-state index is -3.61. The molecule has 0 bridgehead atoms. The molecule has 1 atom stereocenters. The zero-order valence-corrected chi connectivity index (χ0v) is 13.4. The minimum Gasteiger partial charge on any atom is -0.301 e. The van der Waals surface area contributed by atoms with Crippen LogP contribution in [0.2, 0.25) is 0 Å². The summed E-state index contributed by atoms with van der Waals surface area (Å²) in [4.78, 5) is 11.0. The Kier molecular flexibility index (Phi) is 4.54. The van der Waals surface area contributed by atoms with Gasteiger partial charge in [0.1, 0.15) is 0 Å². The second-order valence-corrected chi connectivity index (χ2v) is 8.54. The number of piperidine rings is 1. The number of hydrogen-bond donors (Lipinski definition) is 1. The molecule has 106 valence electrons. The third-order valence-corrected chi connectivity index (χ3v) is 6.37. The van der Waals surface area contributed by atoms with Gasteiger partial charge in [-0.05, 0) is 12.8 Å². The predicted molar refractivity (Wildman–Crippen MR) is 74.9 cm³/mol. The van der Waals surface area contributed by atoms with Gasteiger partial charge < -0.3 is 5.32 Å². The highest BCUT2D eigenvalue weighted by Gasteiger charge is 2.32. The zero-order valence-electron chi connectivity index (χ0n) is 10.2. The van der Waals surface area contributed by atoms with Gasteiger partial charge >= 0.3 is 0 Å². The molecule has 1 saturated heterocycles. The Bertz CT molecular complexity index is 574. The molecular weight excluding hydrogens is 356 g/mol. The Balaban J connectivity index is 2.19. The number of amides is 1. The van der Waals surface area contributed by atoms with Crippen LogP contribution in [0.1, 0.15) is 19.8 Å². The Morgan fingerprint density at radius 2 is 2.26 bits per heavy atom. The highest BCUT2D eigenvalue weighted by atomic mass is 79.9. The predicted octanol–water partition coefficient (Wildman–Crippen LogP) is 1.04. The number of hydrogen-bond acceptors (Lipinski definition) is 6.